The maximum atomic E-state index is 11.4. The van der Waals surface area contributed by atoms with Crippen molar-refractivity contribution in [3.8, 4) is 0 Å². The molecule has 1 unspecified atom stereocenters. The fraction of sp³-hybridized carbons (Fsp3) is 0.500. The van der Waals surface area contributed by atoms with E-state index in [1.54, 1.807) is 6.92 Å². The highest BCUT2D eigenvalue weighted by atomic mass is 32.1. The number of carboxylic acids is 1. The Hall–Kier alpha value is -1.43. The van der Waals surface area contributed by atoms with Crippen LogP contribution in [0, 0.1) is 12.8 Å². The second kappa shape index (κ2) is 5.60. The minimum atomic E-state index is -0.912. The predicted octanol–water partition coefficient (Wildman–Crippen LogP) is 0.831. The second-order valence-electron chi connectivity index (χ2n) is 3.58. The van der Waals surface area contributed by atoms with Gasteiger partial charge in [0, 0.05) is 11.9 Å². The number of aryl methyl sites for hydroxylation is 1. The van der Waals surface area contributed by atoms with Crippen LogP contribution in [0.5, 0.6) is 0 Å². The number of amides is 1. The molecule has 0 spiro atoms. The zero-order chi connectivity index (χ0) is 12.1. The van der Waals surface area contributed by atoms with Crippen molar-refractivity contribution < 1.29 is 14.7 Å². The van der Waals surface area contributed by atoms with Crippen LogP contribution in [0.3, 0.4) is 0 Å². The van der Waals surface area contributed by atoms with Gasteiger partial charge in [-0.15, -0.1) is 11.3 Å². The van der Waals surface area contributed by atoms with Crippen LogP contribution in [-0.2, 0) is 16.0 Å². The van der Waals surface area contributed by atoms with E-state index in [-0.39, 0.29) is 18.9 Å². The van der Waals surface area contributed by atoms with Gasteiger partial charge in [-0.25, -0.2) is 4.98 Å². The van der Waals surface area contributed by atoms with E-state index >= 15 is 0 Å². The Bertz CT molecular complexity index is 389. The zero-order valence-corrected chi connectivity index (χ0v) is 10.0. The van der Waals surface area contributed by atoms with E-state index in [2.05, 4.69) is 10.3 Å². The number of aliphatic carboxylic acids is 1. The van der Waals surface area contributed by atoms with Crippen molar-refractivity contribution in [2.75, 3.05) is 6.54 Å². The smallest absolute Gasteiger partial charge is 0.308 e. The Kier molecular flexibility index (Phi) is 4.42. The molecule has 1 amide bonds. The molecule has 1 rings (SSSR count). The molecule has 0 aliphatic heterocycles. The standard InChI is InChI=1S/C10H14N2O3S/c1-6(10(14)15)4-11-9(13)3-8-5-16-7(2)12-8/h5-6H,3-4H2,1-2H3,(H,11,13)(H,14,15). The van der Waals surface area contributed by atoms with E-state index in [0.29, 0.717) is 0 Å². The molecule has 6 heteroatoms. The van der Waals surface area contributed by atoms with Crippen LogP contribution in [0.15, 0.2) is 5.38 Å². The molecule has 0 aromatic carbocycles. The number of nitrogens with one attached hydrogen (secondary N) is 1. The van der Waals surface area contributed by atoms with Gasteiger partial charge in [0.05, 0.1) is 23.0 Å². The van der Waals surface area contributed by atoms with E-state index in [1.807, 2.05) is 12.3 Å². The van der Waals surface area contributed by atoms with Gasteiger partial charge in [-0.2, -0.15) is 0 Å². The van der Waals surface area contributed by atoms with Crippen LogP contribution in [0.1, 0.15) is 17.6 Å². The molecule has 1 heterocycles. The number of rotatable bonds is 5. The number of carboxylic acid groups (broad SMARTS) is 1. The van der Waals surface area contributed by atoms with Gasteiger partial charge >= 0.3 is 5.97 Å². The molecular weight excluding hydrogens is 228 g/mol. The highest BCUT2D eigenvalue weighted by Gasteiger charge is 2.12. The fourth-order valence-corrected chi connectivity index (χ4v) is 1.68. The molecule has 0 fully saturated rings. The fourth-order valence-electron chi connectivity index (χ4n) is 1.07. The van der Waals surface area contributed by atoms with Gasteiger partial charge in [0.2, 0.25) is 5.91 Å². The topological polar surface area (TPSA) is 79.3 Å². The molecule has 1 aromatic rings. The summed E-state index contributed by atoms with van der Waals surface area (Å²) in [5, 5.41) is 13.9. The third-order valence-corrected chi connectivity index (χ3v) is 2.86. The monoisotopic (exact) mass is 242 g/mol. The molecule has 0 saturated carbocycles. The van der Waals surface area contributed by atoms with Gasteiger partial charge in [-0.05, 0) is 6.92 Å². The molecule has 0 bridgehead atoms. The van der Waals surface area contributed by atoms with Gasteiger partial charge in [0.25, 0.3) is 0 Å². The lowest BCUT2D eigenvalue weighted by Crippen LogP contribution is -2.32. The summed E-state index contributed by atoms with van der Waals surface area (Å²) >= 11 is 1.49. The van der Waals surface area contributed by atoms with Gasteiger partial charge in [0.15, 0.2) is 0 Å². The normalized spacial score (nSPS) is 12.1. The first-order chi connectivity index (χ1) is 7.49. The Balaban J connectivity index is 2.34. The van der Waals surface area contributed by atoms with E-state index in [9.17, 15) is 9.59 Å². The van der Waals surface area contributed by atoms with Crippen LogP contribution in [-0.4, -0.2) is 28.5 Å². The minimum Gasteiger partial charge on any atom is -0.481 e. The number of thiazole rings is 1. The number of carbonyl (C=O) groups excluding carboxylic acids is 1. The molecule has 1 atom stereocenters. The first-order valence-corrected chi connectivity index (χ1v) is 5.77. The van der Waals surface area contributed by atoms with Gasteiger partial charge in [-0.1, -0.05) is 6.92 Å². The van der Waals surface area contributed by atoms with Crippen LogP contribution in [0.2, 0.25) is 0 Å². The first-order valence-electron chi connectivity index (χ1n) is 4.89. The Morgan fingerprint density at radius 1 is 1.62 bits per heavy atom. The van der Waals surface area contributed by atoms with Crippen molar-refractivity contribution in [1.29, 1.82) is 0 Å². The summed E-state index contributed by atoms with van der Waals surface area (Å²) in [6.45, 7) is 3.57. The summed E-state index contributed by atoms with van der Waals surface area (Å²) in [5.41, 5.74) is 0.725. The Morgan fingerprint density at radius 2 is 2.31 bits per heavy atom. The molecule has 0 aliphatic carbocycles. The van der Waals surface area contributed by atoms with Crippen molar-refractivity contribution in [2.24, 2.45) is 5.92 Å². The van der Waals surface area contributed by atoms with E-state index in [0.717, 1.165) is 10.7 Å². The number of nitrogens with zero attached hydrogens (tertiary/aromatic N) is 1. The third-order valence-electron chi connectivity index (χ3n) is 2.04. The molecule has 88 valence electrons. The van der Waals surface area contributed by atoms with E-state index < -0.39 is 11.9 Å². The summed E-state index contributed by atoms with van der Waals surface area (Å²) in [5.74, 6) is -1.68. The minimum absolute atomic E-state index is 0.150. The largest absolute Gasteiger partial charge is 0.481 e. The maximum absolute atomic E-state index is 11.4. The van der Waals surface area contributed by atoms with Crippen molar-refractivity contribution in [2.45, 2.75) is 20.3 Å². The van der Waals surface area contributed by atoms with Crippen LogP contribution < -0.4 is 5.32 Å². The predicted molar refractivity (Wildman–Crippen MR) is 60.4 cm³/mol. The molecular formula is C10H14N2O3S. The van der Waals surface area contributed by atoms with Gasteiger partial charge in [-0.3, -0.25) is 9.59 Å². The van der Waals surface area contributed by atoms with Crippen molar-refractivity contribution >= 4 is 23.2 Å². The lowest BCUT2D eigenvalue weighted by atomic mass is 10.2. The molecule has 16 heavy (non-hydrogen) atoms. The SMILES string of the molecule is Cc1nc(CC(=O)NCC(C)C(=O)O)cs1. The average molecular weight is 242 g/mol. The lowest BCUT2D eigenvalue weighted by Gasteiger charge is -2.07. The number of hydrogen-bond donors (Lipinski definition) is 2. The molecule has 2 N–H and O–H groups in total. The van der Waals surface area contributed by atoms with Crippen molar-refractivity contribution in [3.05, 3.63) is 16.1 Å². The molecule has 0 saturated heterocycles. The van der Waals surface area contributed by atoms with Crippen LogP contribution in [0.25, 0.3) is 0 Å². The summed E-state index contributed by atoms with van der Waals surface area (Å²) < 4.78 is 0. The summed E-state index contributed by atoms with van der Waals surface area (Å²) in [6.07, 6.45) is 0.205. The summed E-state index contributed by atoms with van der Waals surface area (Å²) in [7, 11) is 0. The highest BCUT2D eigenvalue weighted by molar-refractivity contribution is 7.09. The summed E-state index contributed by atoms with van der Waals surface area (Å²) in [6, 6.07) is 0. The van der Waals surface area contributed by atoms with Gasteiger partial charge < -0.3 is 10.4 Å². The van der Waals surface area contributed by atoms with E-state index in [1.165, 1.54) is 11.3 Å². The number of aromatic nitrogens is 1. The molecule has 0 radical (unpaired) electrons. The molecule has 0 aliphatic rings. The third kappa shape index (κ3) is 3.98. The zero-order valence-electron chi connectivity index (χ0n) is 9.19. The maximum Gasteiger partial charge on any atom is 0.308 e. The molecule has 1 aromatic heterocycles. The van der Waals surface area contributed by atoms with Crippen LogP contribution >= 0.6 is 11.3 Å². The Morgan fingerprint density at radius 3 is 2.81 bits per heavy atom. The Labute approximate surface area is 97.5 Å². The quantitative estimate of drug-likeness (QED) is 0.801. The number of hydrogen-bond acceptors (Lipinski definition) is 4. The van der Waals surface area contributed by atoms with E-state index in [4.69, 9.17) is 5.11 Å². The average Bonchev–Trinajstić information content (AvgIpc) is 2.60. The first kappa shape index (κ1) is 12.6. The van der Waals surface area contributed by atoms with Crippen molar-refractivity contribution in [3.63, 3.8) is 0 Å². The van der Waals surface area contributed by atoms with Crippen LogP contribution in [0.4, 0.5) is 0 Å². The van der Waals surface area contributed by atoms with Crippen molar-refractivity contribution in [1.82, 2.24) is 10.3 Å². The highest BCUT2D eigenvalue weighted by Crippen LogP contribution is 2.08. The molecule has 5 nitrogen and oxygen atoms in total. The summed E-state index contributed by atoms with van der Waals surface area (Å²) in [4.78, 5) is 26.1. The lowest BCUT2D eigenvalue weighted by molar-refractivity contribution is -0.141. The van der Waals surface area contributed by atoms with Gasteiger partial charge in [0.1, 0.15) is 0 Å². The number of carbonyl (C=O) groups is 2. The second-order valence-corrected chi connectivity index (χ2v) is 4.64.